The molecular weight excluding hydrogens is 654 g/mol. The van der Waals surface area contributed by atoms with Gasteiger partial charge in [-0.2, -0.15) is 5.10 Å². The van der Waals surface area contributed by atoms with Crippen LogP contribution in [0.25, 0.3) is 0 Å². The number of carbonyl (C=O) groups is 3. The minimum Gasteiger partial charge on any atom is -0.371 e. The third-order valence-electron chi connectivity index (χ3n) is 10.1. The molecule has 10 nitrogen and oxygen atoms in total. The van der Waals surface area contributed by atoms with E-state index in [1.807, 2.05) is 105 Å². The summed E-state index contributed by atoms with van der Waals surface area (Å²) in [6, 6.07) is 30.7. The molecule has 10 heteroatoms. The second kappa shape index (κ2) is 17.6. The van der Waals surface area contributed by atoms with Gasteiger partial charge in [0.25, 0.3) is 11.8 Å². The highest BCUT2D eigenvalue weighted by Gasteiger charge is 2.32. The maximum atomic E-state index is 14.0. The lowest BCUT2D eigenvalue weighted by molar-refractivity contribution is -0.124. The number of nitrogens with one attached hydrogen (secondary N) is 3. The molecule has 274 valence electrons. The average molecular weight is 706 g/mol. The molecule has 2 aliphatic carbocycles. The van der Waals surface area contributed by atoms with Gasteiger partial charge in [0.2, 0.25) is 5.91 Å². The number of hydrogen-bond donors (Lipinski definition) is 3. The maximum absolute atomic E-state index is 14.0. The van der Waals surface area contributed by atoms with Crippen molar-refractivity contribution in [2.45, 2.75) is 115 Å². The van der Waals surface area contributed by atoms with E-state index in [1.165, 1.54) is 10.7 Å². The zero-order chi connectivity index (χ0) is 36.3. The van der Waals surface area contributed by atoms with Crippen molar-refractivity contribution in [3.8, 4) is 0 Å². The number of carbonyl (C=O) groups excluding carboxylic acids is 3. The third kappa shape index (κ3) is 9.95. The van der Waals surface area contributed by atoms with Gasteiger partial charge in [0.15, 0.2) is 5.69 Å². The van der Waals surface area contributed by atoms with Crippen LogP contribution in [0.2, 0.25) is 0 Å². The fraction of sp³-hybridized carbons (Fsp3) is 0.429. The molecule has 0 saturated heterocycles. The number of rotatable bonds is 14. The van der Waals surface area contributed by atoms with Crippen LogP contribution >= 0.6 is 0 Å². The lowest BCUT2D eigenvalue weighted by atomic mass is 9.92. The molecule has 2 fully saturated rings. The summed E-state index contributed by atoms with van der Waals surface area (Å²) in [6.45, 7) is 4.53. The first-order valence-corrected chi connectivity index (χ1v) is 18.6. The molecule has 0 bridgehead atoms. The van der Waals surface area contributed by atoms with Crippen molar-refractivity contribution in [3.05, 3.63) is 125 Å². The zero-order valence-corrected chi connectivity index (χ0v) is 30.3. The van der Waals surface area contributed by atoms with Gasteiger partial charge in [-0.25, -0.2) is 4.68 Å². The van der Waals surface area contributed by atoms with E-state index >= 15 is 0 Å². The third-order valence-corrected chi connectivity index (χ3v) is 10.1. The van der Waals surface area contributed by atoms with E-state index in [2.05, 4.69) is 21.0 Å². The normalized spacial score (nSPS) is 20.5. The first-order valence-electron chi connectivity index (χ1n) is 18.6. The van der Waals surface area contributed by atoms with Gasteiger partial charge in [-0.3, -0.25) is 14.4 Å². The number of aromatic nitrogens is 2. The fourth-order valence-corrected chi connectivity index (χ4v) is 7.21. The van der Waals surface area contributed by atoms with Crippen LogP contribution in [0.4, 0.5) is 0 Å². The Morgan fingerprint density at radius 2 is 1.19 bits per heavy atom. The number of benzene rings is 3. The van der Waals surface area contributed by atoms with Gasteiger partial charge in [0.05, 0.1) is 43.0 Å². The van der Waals surface area contributed by atoms with E-state index in [9.17, 15) is 14.4 Å². The molecule has 52 heavy (non-hydrogen) atoms. The van der Waals surface area contributed by atoms with Gasteiger partial charge in [-0.1, -0.05) is 117 Å². The summed E-state index contributed by atoms with van der Waals surface area (Å²) in [6.07, 6.45) is 6.96. The number of hydrogen-bond acceptors (Lipinski definition) is 6. The van der Waals surface area contributed by atoms with E-state index in [-0.39, 0.29) is 48.1 Å². The maximum Gasteiger partial charge on any atom is 0.272 e. The summed E-state index contributed by atoms with van der Waals surface area (Å²) >= 11 is 0. The Balaban J connectivity index is 1.17. The van der Waals surface area contributed by atoms with Gasteiger partial charge in [-0.15, -0.1) is 0 Å². The second-order valence-corrected chi connectivity index (χ2v) is 14.5. The molecule has 2 aliphatic rings. The van der Waals surface area contributed by atoms with Gasteiger partial charge in [-0.05, 0) is 56.2 Å². The SMILES string of the molecule is CC(C)(NC(=O)c1cc(C(=O)N[C@H]2CCCC[C@@H]2OCc2ccccc2)n(CC(=O)N[C@H]2CCCC[C@@H]2OCc2ccccc2)n1)c1ccccc1. The lowest BCUT2D eigenvalue weighted by Crippen LogP contribution is -2.48. The van der Waals surface area contributed by atoms with Crippen LogP contribution in [-0.2, 0) is 39.6 Å². The van der Waals surface area contributed by atoms with Crippen LogP contribution in [0.1, 0.15) is 103 Å². The monoisotopic (exact) mass is 705 g/mol. The Bertz CT molecular complexity index is 1760. The lowest BCUT2D eigenvalue weighted by Gasteiger charge is -2.32. The molecule has 3 N–H and O–H groups in total. The van der Waals surface area contributed by atoms with E-state index in [0.717, 1.165) is 68.1 Å². The van der Waals surface area contributed by atoms with Crippen molar-refractivity contribution in [3.63, 3.8) is 0 Å². The molecule has 4 aromatic rings. The van der Waals surface area contributed by atoms with E-state index in [0.29, 0.717) is 13.2 Å². The molecular formula is C42H51N5O5. The molecule has 6 rings (SSSR count). The van der Waals surface area contributed by atoms with Crippen molar-refractivity contribution in [2.24, 2.45) is 0 Å². The highest BCUT2D eigenvalue weighted by atomic mass is 16.5. The number of nitrogens with zero attached hydrogens (tertiary/aromatic N) is 2. The molecule has 1 heterocycles. The summed E-state index contributed by atoms with van der Waals surface area (Å²) in [5.41, 5.74) is 2.58. The Hall–Kier alpha value is -4.80. The topological polar surface area (TPSA) is 124 Å². The van der Waals surface area contributed by atoms with Crippen LogP contribution in [0.5, 0.6) is 0 Å². The van der Waals surface area contributed by atoms with Crippen molar-refractivity contribution in [1.82, 2.24) is 25.7 Å². The zero-order valence-electron chi connectivity index (χ0n) is 30.3. The summed E-state index contributed by atoms with van der Waals surface area (Å²) in [4.78, 5) is 41.3. The van der Waals surface area contributed by atoms with E-state index in [1.54, 1.807) is 0 Å². The second-order valence-electron chi connectivity index (χ2n) is 14.5. The summed E-state index contributed by atoms with van der Waals surface area (Å²) in [5, 5.41) is 13.9. The molecule has 3 aromatic carbocycles. The molecule has 0 unspecified atom stereocenters. The highest BCUT2D eigenvalue weighted by Crippen LogP contribution is 2.25. The quantitative estimate of drug-likeness (QED) is 0.139. The largest absolute Gasteiger partial charge is 0.371 e. The number of amides is 3. The molecule has 0 aliphatic heterocycles. The average Bonchev–Trinajstić information content (AvgIpc) is 3.59. The molecule has 2 saturated carbocycles. The summed E-state index contributed by atoms with van der Waals surface area (Å²) in [5.74, 6) is -1.13. The predicted octanol–water partition coefficient (Wildman–Crippen LogP) is 6.45. The van der Waals surface area contributed by atoms with Crippen molar-refractivity contribution < 1.29 is 23.9 Å². The number of ether oxygens (including phenoxy) is 2. The first kappa shape index (κ1) is 37.0. The van der Waals surface area contributed by atoms with Crippen LogP contribution in [0.3, 0.4) is 0 Å². The van der Waals surface area contributed by atoms with Crippen molar-refractivity contribution in [1.29, 1.82) is 0 Å². The van der Waals surface area contributed by atoms with Crippen LogP contribution in [0, 0.1) is 0 Å². The van der Waals surface area contributed by atoms with Gasteiger partial charge < -0.3 is 25.4 Å². The van der Waals surface area contributed by atoms with E-state index in [4.69, 9.17) is 9.47 Å². The Kier molecular flexibility index (Phi) is 12.5. The van der Waals surface area contributed by atoms with Crippen LogP contribution in [-0.4, -0.2) is 51.8 Å². The smallest absolute Gasteiger partial charge is 0.272 e. The van der Waals surface area contributed by atoms with Crippen molar-refractivity contribution >= 4 is 17.7 Å². The van der Waals surface area contributed by atoms with Crippen LogP contribution < -0.4 is 16.0 Å². The first-order chi connectivity index (χ1) is 25.2. The Morgan fingerprint density at radius 3 is 1.75 bits per heavy atom. The summed E-state index contributed by atoms with van der Waals surface area (Å²) < 4.78 is 14.0. The molecule has 0 spiro atoms. The van der Waals surface area contributed by atoms with Gasteiger partial charge in [0, 0.05) is 6.07 Å². The fourth-order valence-electron chi connectivity index (χ4n) is 7.21. The molecule has 1 aromatic heterocycles. The molecule has 4 atom stereocenters. The minimum atomic E-state index is -0.705. The predicted molar refractivity (Wildman–Crippen MR) is 199 cm³/mol. The minimum absolute atomic E-state index is 0.0595. The highest BCUT2D eigenvalue weighted by molar-refractivity contribution is 5.98. The van der Waals surface area contributed by atoms with Gasteiger partial charge >= 0.3 is 0 Å². The van der Waals surface area contributed by atoms with Crippen molar-refractivity contribution in [2.75, 3.05) is 0 Å². The van der Waals surface area contributed by atoms with Crippen LogP contribution in [0.15, 0.2) is 97.1 Å². The Morgan fingerprint density at radius 1 is 0.692 bits per heavy atom. The van der Waals surface area contributed by atoms with E-state index < -0.39 is 17.4 Å². The van der Waals surface area contributed by atoms with Gasteiger partial charge in [0.1, 0.15) is 12.2 Å². The molecule has 3 amide bonds. The Labute approximate surface area is 306 Å². The molecule has 0 radical (unpaired) electrons. The summed E-state index contributed by atoms with van der Waals surface area (Å²) in [7, 11) is 0. The standard InChI is InChI=1S/C42H51N5O5/c1-42(2,32-20-10-5-11-21-32)45-40(49)35-26-36(41(50)44-34-23-13-15-25-38(34)52-29-31-18-8-4-9-19-31)47(46-35)27-39(48)43-33-22-12-14-24-37(33)51-28-30-16-6-3-7-17-30/h3-11,16-21,26,33-34,37-38H,12-15,22-25,27-29H2,1-2H3,(H,43,48)(H,44,50)(H,45,49)/t33-,34-,37-,38-/m0/s1.